The molecule has 7 nitrogen and oxygen atoms in total. The third-order valence-corrected chi connectivity index (χ3v) is 4.62. The Morgan fingerprint density at radius 2 is 2.24 bits per heavy atom. The second kappa shape index (κ2) is 7.16. The van der Waals surface area contributed by atoms with E-state index in [1.54, 1.807) is 19.1 Å². The number of furan rings is 1. The van der Waals surface area contributed by atoms with Crippen LogP contribution in [0.1, 0.15) is 6.92 Å². The van der Waals surface area contributed by atoms with Gasteiger partial charge < -0.3 is 15.6 Å². The van der Waals surface area contributed by atoms with Gasteiger partial charge in [0, 0.05) is 0 Å². The summed E-state index contributed by atoms with van der Waals surface area (Å²) in [5.41, 5.74) is 0.325. The molecule has 0 bridgehead atoms. The Kier molecular flexibility index (Phi) is 4.95. The zero-order chi connectivity index (χ0) is 18.0. The molecule has 1 amide bonds. The van der Waals surface area contributed by atoms with Crippen LogP contribution in [-0.2, 0) is 4.79 Å². The number of benzene rings is 1. The van der Waals surface area contributed by atoms with E-state index >= 15 is 0 Å². The van der Waals surface area contributed by atoms with Crippen molar-refractivity contribution in [2.45, 2.75) is 17.3 Å². The number of amides is 1. The number of carbonyl (C=O) groups excluding carboxylic acids is 1. The summed E-state index contributed by atoms with van der Waals surface area (Å²) in [6.45, 7) is 1.68. The number of rotatable bonds is 5. The van der Waals surface area contributed by atoms with Gasteiger partial charge in [-0.15, -0.1) is 10.2 Å². The molecule has 0 fully saturated rings. The number of nitrogens with two attached hydrogens (primary N) is 1. The molecule has 2 heterocycles. The van der Waals surface area contributed by atoms with E-state index in [1.165, 1.54) is 23.1 Å². The molecule has 0 aliphatic carbocycles. The molecule has 2 aromatic heterocycles. The highest BCUT2D eigenvalue weighted by Crippen LogP contribution is 2.27. The maximum Gasteiger partial charge on any atom is 0.237 e. The van der Waals surface area contributed by atoms with Crippen LogP contribution in [-0.4, -0.2) is 26.0 Å². The van der Waals surface area contributed by atoms with Crippen molar-refractivity contribution in [2.24, 2.45) is 0 Å². The molecule has 3 N–H and O–H groups in total. The van der Waals surface area contributed by atoms with Crippen molar-refractivity contribution in [3.05, 3.63) is 47.4 Å². The quantitative estimate of drug-likeness (QED) is 0.520. The standard InChI is InChI=1S/C15H13ClFN5O2S/c1-8(14(23)19-11-5-4-9(17)7-10(11)16)25-15-21-20-13(22(15)18)12-3-2-6-24-12/h2-8H,18H2,1H3,(H,19,23)/t8-/m0/s1. The third-order valence-electron chi connectivity index (χ3n) is 3.25. The van der Waals surface area contributed by atoms with Crippen LogP contribution in [0.4, 0.5) is 10.1 Å². The summed E-state index contributed by atoms with van der Waals surface area (Å²) in [5, 5.41) is 10.5. The van der Waals surface area contributed by atoms with Crippen LogP contribution < -0.4 is 11.2 Å². The van der Waals surface area contributed by atoms with Crippen molar-refractivity contribution < 1.29 is 13.6 Å². The number of hydrogen-bond donors (Lipinski definition) is 2. The molecule has 3 rings (SSSR count). The van der Waals surface area contributed by atoms with Crippen molar-refractivity contribution in [2.75, 3.05) is 11.2 Å². The third kappa shape index (κ3) is 3.77. The summed E-state index contributed by atoms with van der Waals surface area (Å²) in [6.07, 6.45) is 1.50. The SMILES string of the molecule is C[C@H](Sc1nnc(-c2ccco2)n1N)C(=O)Nc1ccc(F)cc1Cl. The van der Waals surface area contributed by atoms with Gasteiger partial charge >= 0.3 is 0 Å². The average Bonchev–Trinajstić information content (AvgIpc) is 3.20. The maximum atomic E-state index is 13.1. The van der Waals surface area contributed by atoms with E-state index < -0.39 is 11.1 Å². The van der Waals surface area contributed by atoms with E-state index in [0.717, 1.165) is 17.8 Å². The van der Waals surface area contributed by atoms with E-state index in [9.17, 15) is 9.18 Å². The van der Waals surface area contributed by atoms with Crippen molar-refractivity contribution in [1.29, 1.82) is 0 Å². The zero-order valence-electron chi connectivity index (χ0n) is 12.9. The summed E-state index contributed by atoms with van der Waals surface area (Å²) in [7, 11) is 0. The number of anilines is 1. The second-order valence-corrected chi connectivity index (χ2v) is 6.74. The molecule has 0 spiro atoms. The van der Waals surface area contributed by atoms with Crippen molar-refractivity contribution >= 4 is 35.0 Å². The minimum Gasteiger partial charge on any atom is -0.461 e. The number of nitrogens with one attached hydrogen (secondary N) is 1. The Morgan fingerprint density at radius 1 is 1.44 bits per heavy atom. The van der Waals surface area contributed by atoms with Crippen LogP contribution in [0.5, 0.6) is 0 Å². The van der Waals surface area contributed by atoms with Gasteiger partial charge in [0.2, 0.25) is 16.9 Å². The lowest BCUT2D eigenvalue weighted by molar-refractivity contribution is -0.115. The Hall–Kier alpha value is -2.52. The van der Waals surface area contributed by atoms with Crippen LogP contribution in [0.3, 0.4) is 0 Å². The van der Waals surface area contributed by atoms with Gasteiger partial charge in [-0.2, -0.15) is 0 Å². The van der Waals surface area contributed by atoms with Crippen molar-refractivity contribution in [3.8, 4) is 11.6 Å². The molecule has 0 radical (unpaired) electrons. The van der Waals surface area contributed by atoms with Crippen LogP contribution in [0, 0.1) is 5.82 Å². The molecule has 0 saturated heterocycles. The highest BCUT2D eigenvalue weighted by atomic mass is 35.5. The lowest BCUT2D eigenvalue weighted by atomic mass is 10.3. The van der Waals surface area contributed by atoms with Gasteiger partial charge in [0.05, 0.1) is 22.2 Å². The first kappa shape index (κ1) is 17.3. The molecule has 0 aliphatic heterocycles. The van der Waals surface area contributed by atoms with E-state index in [2.05, 4.69) is 15.5 Å². The van der Waals surface area contributed by atoms with Crippen LogP contribution in [0.15, 0.2) is 46.2 Å². The van der Waals surface area contributed by atoms with Gasteiger partial charge in [0.25, 0.3) is 0 Å². The lowest BCUT2D eigenvalue weighted by Crippen LogP contribution is -2.23. The maximum absolute atomic E-state index is 13.1. The Balaban J connectivity index is 1.69. The number of aromatic nitrogens is 3. The van der Waals surface area contributed by atoms with Crippen LogP contribution >= 0.6 is 23.4 Å². The van der Waals surface area contributed by atoms with E-state index in [-0.39, 0.29) is 10.9 Å². The fourth-order valence-electron chi connectivity index (χ4n) is 1.97. The second-order valence-electron chi connectivity index (χ2n) is 5.03. The molecular formula is C15H13ClFN5O2S. The topological polar surface area (TPSA) is 99.0 Å². The van der Waals surface area contributed by atoms with Crippen molar-refractivity contribution in [1.82, 2.24) is 14.9 Å². The Bertz CT molecular complexity index is 899. The molecule has 0 saturated carbocycles. The Morgan fingerprint density at radius 3 is 2.92 bits per heavy atom. The van der Waals surface area contributed by atoms with E-state index in [4.69, 9.17) is 21.9 Å². The zero-order valence-corrected chi connectivity index (χ0v) is 14.5. The minimum atomic E-state index is -0.544. The number of thioether (sulfide) groups is 1. The van der Waals surface area contributed by atoms with Gasteiger partial charge in [-0.1, -0.05) is 23.4 Å². The first-order chi connectivity index (χ1) is 12.0. The number of carbonyl (C=O) groups is 1. The molecule has 0 unspecified atom stereocenters. The lowest BCUT2D eigenvalue weighted by Gasteiger charge is -2.12. The van der Waals surface area contributed by atoms with Gasteiger partial charge in [-0.25, -0.2) is 9.07 Å². The van der Waals surface area contributed by atoms with Crippen LogP contribution in [0.25, 0.3) is 11.6 Å². The normalized spacial score (nSPS) is 12.1. The van der Waals surface area contributed by atoms with E-state index in [0.29, 0.717) is 22.4 Å². The molecule has 3 aromatic rings. The van der Waals surface area contributed by atoms with Crippen LogP contribution in [0.2, 0.25) is 5.02 Å². The number of hydrogen-bond acceptors (Lipinski definition) is 6. The molecular weight excluding hydrogens is 369 g/mol. The van der Waals surface area contributed by atoms with Gasteiger partial charge in [-0.3, -0.25) is 4.79 Å². The summed E-state index contributed by atoms with van der Waals surface area (Å²) in [5.74, 6) is 5.96. The largest absolute Gasteiger partial charge is 0.461 e. The smallest absolute Gasteiger partial charge is 0.237 e. The van der Waals surface area contributed by atoms with Gasteiger partial charge in [0.15, 0.2) is 5.76 Å². The Labute approximate surface area is 151 Å². The summed E-state index contributed by atoms with van der Waals surface area (Å²) in [6, 6.07) is 7.15. The van der Waals surface area contributed by atoms with Gasteiger partial charge in [-0.05, 0) is 37.3 Å². The number of nitrogens with zero attached hydrogens (tertiary/aromatic N) is 3. The predicted octanol–water partition coefficient (Wildman–Crippen LogP) is 3.16. The molecule has 10 heteroatoms. The number of halogens is 2. The molecule has 130 valence electrons. The van der Waals surface area contributed by atoms with E-state index in [1.807, 2.05) is 0 Å². The molecule has 0 aliphatic rings. The average molecular weight is 382 g/mol. The molecule has 1 aromatic carbocycles. The monoisotopic (exact) mass is 381 g/mol. The number of nitrogen functional groups attached to an aromatic ring is 1. The fourth-order valence-corrected chi connectivity index (χ4v) is 2.95. The highest BCUT2D eigenvalue weighted by molar-refractivity contribution is 8.00. The molecule has 1 atom stereocenters. The first-order valence-corrected chi connectivity index (χ1v) is 8.38. The fraction of sp³-hybridized carbons (Fsp3) is 0.133. The van der Waals surface area contributed by atoms with Crippen molar-refractivity contribution in [3.63, 3.8) is 0 Å². The summed E-state index contributed by atoms with van der Waals surface area (Å²) in [4.78, 5) is 12.3. The summed E-state index contributed by atoms with van der Waals surface area (Å²) < 4.78 is 19.5. The minimum absolute atomic E-state index is 0.118. The van der Waals surface area contributed by atoms with Gasteiger partial charge in [0.1, 0.15) is 5.82 Å². The molecule has 25 heavy (non-hydrogen) atoms. The first-order valence-electron chi connectivity index (χ1n) is 7.12. The highest BCUT2D eigenvalue weighted by Gasteiger charge is 2.21. The summed E-state index contributed by atoms with van der Waals surface area (Å²) >= 11 is 7.02. The predicted molar refractivity (Wildman–Crippen MR) is 93.2 cm³/mol.